The minimum Gasteiger partial charge on any atom is -0.469 e. The number of rotatable bonds is 3. The van der Waals surface area contributed by atoms with Crippen LogP contribution in [0.5, 0.6) is 0 Å². The van der Waals surface area contributed by atoms with Crippen LogP contribution < -0.4 is 5.32 Å². The Morgan fingerprint density at radius 3 is 2.33 bits per heavy atom. The number of hydrogen-bond donors (Lipinski definition) is 1. The van der Waals surface area contributed by atoms with E-state index in [-0.39, 0.29) is 41.5 Å². The van der Waals surface area contributed by atoms with Gasteiger partial charge < -0.3 is 24.4 Å². The first-order valence-corrected chi connectivity index (χ1v) is 11.1. The molecule has 0 aromatic carbocycles. The molecule has 5 aliphatic rings. The summed E-state index contributed by atoms with van der Waals surface area (Å²) < 4.78 is 16.4. The maximum Gasteiger partial charge on any atom is 0.410 e. The second-order valence-corrected chi connectivity index (χ2v) is 10.7. The molecule has 4 bridgehead atoms. The standard InChI is InChI=1S/C22H34N2O6/c1-21(2,3)30-19(26)23-16-5-6-24(12-16)20(27)29-17-14-7-13-8-15(17)11-22(9-13,10-14)18(25)28-4/h13-17H,5-12H2,1-4H3,(H,23,26)/t13?,14?,15?,16-,17?,22?/m0/s1. The molecular weight excluding hydrogens is 388 g/mol. The first kappa shape index (κ1) is 21.2. The SMILES string of the molecule is COC(=O)C12CC3CC(C1)C(OC(=O)N1CC[C@H](NC(=O)OC(C)(C)C)C1)C(C3)C2. The average Bonchev–Trinajstić information content (AvgIpc) is 3.10. The predicted molar refractivity (Wildman–Crippen MR) is 108 cm³/mol. The maximum atomic E-state index is 12.8. The number of nitrogens with one attached hydrogen (secondary N) is 1. The Kier molecular flexibility index (Phi) is 5.39. The summed E-state index contributed by atoms with van der Waals surface area (Å²) in [5, 5.41) is 2.84. The zero-order chi connectivity index (χ0) is 21.7. The summed E-state index contributed by atoms with van der Waals surface area (Å²) in [6, 6.07) is -0.131. The Morgan fingerprint density at radius 2 is 1.73 bits per heavy atom. The highest BCUT2D eigenvalue weighted by molar-refractivity contribution is 5.77. The van der Waals surface area contributed by atoms with Crippen LogP contribution in [0.15, 0.2) is 0 Å². The number of nitrogens with zero attached hydrogens (tertiary/aromatic N) is 1. The molecule has 0 spiro atoms. The highest BCUT2D eigenvalue weighted by Gasteiger charge is 2.60. The van der Waals surface area contributed by atoms with Crippen molar-refractivity contribution in [3.63, 3.8) is 0 Å². The van der Waals surface area contributed by atoms with E-state index in [9.17, 15) is 14.4 Å². The number of alkyl carbamates (subject to hydrolysis) is 1. The highest BCUT2D eigenvalue weighted by Crippen LogP contribution is 2.61. The van der Waals surface area contributed by atoms with Crippen LogP contribution in [-0.4, -0.2) is 61.0 Å². The maximum absolute atomic E-state index is 12.8. The molecule has 1 aliphatic heterocycles. The van der Waals surface area contributed by atoms with Crippen LogP contribution in [0, 0.1) is 23.2 Å². The normalized spacial score (nSPS) is 37.1. The van der Waals surface area contributed by atoms with E-state index in [1.165, 1.54) is 7.11 Å². The average molecular weight is 423 g/mol. The van der Waals surface area contributed by atoms with Crippen LogP contribution in [-0.2, 0) is 19.0 Å². The lowest BCUT2D eigenvalue weighted by molar-refractivity contribution is -0.182. The summed E-state index contributed by atoms with van der Waals surface area (Å²) in [6.07, 6.45) is 4.26. The summed E-state index contributed by atoms with van der Waals surface area (Å²) >= 11 is 0. The molecule has 5 fully saturated rings. The molecule has 3 atom stereocenters. The number of methoxy groups -OCH3 is 1. The lowest BCUT2D eigenvalue weighted by atomic mass is 9.48. The van der Waals surface area contributed by atoms with Gasteiger partial charge in [-0.15, -0.1) is 0 Å². The fourth-order valence-corrected chi connectivity index (χ4v) is 6.35. The number of carbonyl (C=O) groups is 3. The lowest BCUT2D eigenvalue weighted by Crippen LogP contribution is -2.58. The Balaban J connectivity index is 1.31. The number of likely N-dealkylation sites (tertiary alicyclic amines) is 1. The zero-order valence-corrected chi connectivity index (χ0v) is 18.4. The van der Waals surface area contributed by atoms with Gasteiger partial charge in [-0.3, -0.25) is 4.79 Å². The van der Waals surface area contributed by atoms with Gasteiger partial charge in [0.2, 0.25) is 0 Å². The molecule has 0 radical (unpaired) electrons. The predicted octanol–water partition coefficient (Wildman–Crippen LogP) is 3.09. The van der Waals surface area contributed by atoms with Gasteiger partial charge in [0.1, 0.15) is 11.7 Å². The molecule has 2 unspecified atom stereocenters. The molecule has 168 valence electrons. The number of esters is 1. The molecule has 4 aliphatic carbocycles. The monoisotopic (exact) mass is 422 g/mol. The molecule has 0 aromatic heterocycles. The van der Waals surface area contributed by atoms with Crippen LogP contribution in [0.4, 0.5) is 9.59 Å². The molecule has 8 nitrogen and oxygen atoms in total. The van der Waals surface area contributed by atoms with Crippen LogP contribution >= 0.6 is 0 Å². The molecule has 1 saturated heterocycles. The second-order valence-electron chi connectivity index (χ2n) is 10.7. The highest BCUT2D eigenvalue weighted by atomic mass is 16.6. The first-order chi connectivity index (χ1) is 14.1. The quantitative estimate of drug-likeness (QED) is 0.555. The van der Waals surface area contributed by atoms with E-state index in [2.05, 4.69) is 5.32 Å². The number of amides is 2. The third kappa shape index (κ3) is 4.10. The van der Waals surface area contributed by atoms with E-state index in [1.54, 1.807) is 4.90 Å². The van der Waals surface area contributed by atoms with Crippen molar-refractivity contribution in [1.29, 1.82) is 0 Å². The van der Waals surface area contributed by atoms with Gasteiger partial charge in [-0.25, -0.2) is 9.59 Å². The molecular formula is C22H34N2O6. The van der Waals surface area contributed by atoms with Gasteiger partial charge in [-0.2, -0.15) is 0 Å². The van der Waals surface area contributed by atoms with Crippen molar-refractivity contribution >= 4 is 18.2 Å². The molecule has 2 amide bonds. The van der Waals surface area contributed by atoms with Gasteiger partial charge in [0.15, 0.2) is 0 Å². The molecule has 8 heteroatoms. The molecule has 30 heavy (non-hydrogen) atoms. The number of ether oxygens (including phenoxy) is 3. The van der Waals surface area contributed by atoms with Crippen molar-refractivity contribution < 1.29 is 28.6 Å². The van der Waals surface area contributed by atoms with Gasteiger partial charge in [0, 0.05) is 13.1 Å². The molecule has 5 rings (SSSR count). The largest absolute Gasteiger partial charge is 0.469 e. The lowest BCUT2D eigenvalue weighted by Gasteiger charge is -2.57. The van der Waals surface area contributed by atoms with Gasteiger partial charge >= 0.3 is 18.2 Å². The van der Waals surface area contributed by atoms with E-state index in [4.69, 9.17) is 14.2 Å². The molecule has 4 saturated carbocycles. The number of hydrogen-bond acceptors (Lipinski definition) is 6. The minimum atomic E-state index is -0.553. The third-order valence-electron chi connectivity index (χ3n) is 7.21. The van der Waals surface area contributed by atoms with Gasteiger partial charge in [0.25, 0.3) is 0 Å². The van der Waals surface area contributed by atoms with Crippen LogP contribution in [0.2, 0.25) is 0 Å². The van der Waals surface area contributed by atoms with Gasteiger partial charge in [-0.05, 0) is 77.0 Å². The second kappa shape index (κ2) is 7.61. The summed E-state index contributed by atoms with van der Waals surface area (Å²) in [5.74, 6) is 0.906. The summed E-state index contributed by atoms with van der Waals surface area (Å²) in [6.45, 7) is 6.44. The number of carbonyl (C=O) groups excluding carboxylic acids is 3. The van der Waals surface area contributed by atoms with Crippen LogP contribution in [0.3, 0.4) is 0 Å². The van der Waals surface area contributed by atoms with Crippen LogP contribution in [0.25, 0.3) is 0 Å². The van der Waals surface area contributed by atoms with Gasteiger partial charge in [0.05, 0.1) is 18.6 Å². The smallest absolute Gasteiger partial charge is 0.410 e. The zero-order valence-electron chi connectivity index (χ0n) is 18.4. The van der Waals surface area contributed by atoms with E-state index >= 15 is 0 Å². The van der Waals surface area contributed by atoms with Crippen LogP contribution in [0.1, 0.15) is 59.3 Å². The van der Waals surface area contributed by atoms with Gasteiger partial charge in [-0.1, -0.05) is 0 Å². The van der Waals surface area contributed by atoms with E-state index in [0.717, 1.165) is 32.1 Å². The van der Waals surface area contributed by atoms with Crippen molar-refractivity contribution in [1.82, 2.24) is 10.2 Å². The summed E-state index contributed by atoms with van der Waals surface area (Å²) in [7, 11) is 1.47. The topological polar surface area (TPSA) is 94.2 Å². The first-order valence-electron chi connectivity index (χ1n) is 11.1. The van der Waals surface area contributed by atoms with Crippen molar-refractivity contribution in [3.8, 4) is 0 Å². The summed E-state index contributed by atoms with van der Waals surface area (Å²) in [5.41, 5.74) is -0.924. The van der Waals surface area contributed by atoms with Crippen molar-refractivity contribution in [3.05, 3.63) is 0 Å². The van der Waals surface area contributed by atoms with E-state index < -0.39 is 11.7 Å². The van der Waals surface area contributed by atoms with E-state index in [0.29, 0.717) is 25.4 Å². The Labute approximate surface area is 178 Å². The minimum absolute atomic E-state index is 0.0951. The summed E-state index contributed by atoms with van der Waals surface area (Å²) in [4.78, 5) is 38.9. The van der Waals surface area contributed by atoms with Crippen molar-refractivity contribution in [2.45, 2.75) is 77.0 Å². The molecule has 0 aromatic rings. The van der Waals surface area contributed by atoms with Crippen molar-refractivity contribution in [2.24, 2.45) is 23.2 Å². The Bertz CT molecular complexity index is 701. The third-order valence-corrected chi connectivity index (χ3v) is 7.21. The fourth-order valence-electron chi connectivity index (χ4n) is 6.35. The Hall–Kier alpha value is -1.99. The fraction of sp³-hybridized carbons (Fsp3) is 0.864. The van der Waals surface area contributed by atoms with Crippen molar-refractivity contribution in [2.75, 3.05) is 20.2 Å². The van der Waals surface area contributed by atoms with E-state index in [1.807, 2.05) is 20.8 Å². The molecule has 1 heterocycles. The Morgan fingerprint density at radius 1 is 1.07 bits per heavy atom. The molecule has 1 N–H and O–H groups in total.